The molecule has 3 rings (SSSR count). The van der Waals surface area contributed by atoms with E-state index in [2.05, 4.69) is 15.3 Å². The Bertz CT molecular complexity index is 684. The molecule has 1 N–H and O–H groups in total. The highest BCUT2D eigenvalue weighted by Gasteiger charge is 2.19. The molecule has 1 aliphatic heterocycles. The molecule has 1 aliphatic rings. The van der Waals surface area contributed by atoms with Gasteiger partial charge in [0.15, 0.2) is 5.16 Å². The van der Waals surface area contributed by atoms with Gasteiger partial charge in [-0.3, -0.25) is 19.1 Å². The number of fused-ring (bicyclic) bond motifs is 1. The molecule has 0 saturated heterocycles. The zero-order chi connectivity index (χ0) is 13.2. The van der Waals surface area contributed by atoms with E-state index in [-0.39, 0.29) is 11.1 Å². The molecule has 1 amide bonds. The average Bonchev–Trinajstić information content (AvgIpc) is 2.89. The average molecular weight is 274 g/mol. The molecule has 7 heteroatoms. The second-order valence-electron chi connectivity index (χ2n) is 3.95. The first-order valence-corrected chi connectivity index (χ1v) is 6.68. The Balaban J connectivity index is 1.91. The molecule has 19 heavy (non-hydrogen) atoms. The Kier molecular flexibility index (Phi) is 3.04. The van der Waals surface area contributed by atoms with Crippen molar-refractivity contribution < 1.29 is 4.79 Å². The number of hydrogen-bond acceptors (Lipinski definition) is 5. The van der Waals surface area contributed by atoms with Crippen molar-refractivity contribution in [2.24, 2.45) is 0 Å². The summed E-state index contributed by atoms with van der Waals surface area (Å²) in [5, 5.41) is 3.32. The number of rotatable bonds is 2. The molecule has 0 bridgehead atoms. The van der Waals surface area contributed by atoms with Crippen molar-refractivity contribution in [3.8, 4) is 0 Å². The summed E-state index contributed by atoms with van der Waals surface area (Å²) in [5.74, 6) is 0.369. The fraction of sp³-hybridized carbons (Fsp3) is 0.167. The number of amides is 1. The number of carbonyl (C=O) groups is 1. The Morgan fingerprint density at radius 3 is 2.95 bits per heavy atom. The van der Waals surface area contributed by atoms with Crippen LogP contribution in [0.4, 0.5) is 5.69 Å². The minimum absolute atomic E-state index is 0.0584. The second kappa shape index (κ2) is 4.85. The van der Waals surface area contributed by atoms with E-state index in [0.717, 1.165) is 5.75 Å². The van der Waals surface area contributed by atoms with Gasteiger partial charge in [0, 0.05) is 36.6 Å². The van der Waals surface area contributed by atoms with Crippen molar-refractivity contribution in [1.29, 1.82) is 0 Å². The summed E-state index contributed by atoms with van der Waals surface area (Å²) in [6.07, 6.45) is 4.48. The molecule has 0 radical (unpaired) electrons. The smallest absolute Gasteiger partial charge is 0.267 e. The van der Waals surface area contributed by atoms with Crippen LogP contribution in [0, 0.1) is 0 Å². The van der Waals surface area contributed by atoms with Crippen LogP contribution in [0.25, 0.3) is 0 Å². The normalized spacial score (nSPS) is 13.1. The molecule has 0 aliphatic carbocycles. The van der Waals surface area contributed by atoms with Crippen LogP contribution >= 0.6 is 11.8 Å². The van der Waals surface area contributed by atoms with Gasteiger partial charge in [0.25, 0.3) is 11.5 Å². The largest absolute Gasteiger partial charge is 0.322 e. The van der Waals surface area contributed by atoms with E-state index in [1.807, 2.05) is 0 Å². The van der Waals surface area contributed by atoms with Gasteiger partial charge in [-0.25, -0.2) is 4.98 Å². The van der Waals surface area contributed by atoms with Gasteiger partial charge >= 0.3 is 0 Å². The lowest BCUT2D eigenvalue weighted by atomic mass is 10.3. The van der Waals surface area contributed by atoms with Gasteiger partial charge in [-0.1, -0.05) is 11.8 Å². The van der Waals surface area contributed by atoms with E-state index in [0.29, 0.717) is 17.4 Å². The van der Waals surface area contributed by atoms with E-state index >= 15 is 0 Å². The van der Waals surface area contributed by atoms with Gasteiger partial charge in [-0.2, -0.15) is 0 Å². The van der Waals surface area contributed by atoms with Crippen molar-refractivity contribution in [1.82, 2.24) is 14.5 Å². The molecular weight excluding hydrogens is 264 g/mol. The lowest BCUT2D eigenvalue weighted by Gasteiger charge is -2.06. The fourth-order valence-corrected chi connectivity index (χ4v) is 2.72. The topological polar surface area (TPSA) is 76.9 Å². The van der Waals surface area contributed by atoms with Gasteiger partial charge in [0.1, 0.15) is 5.56 Å². The molecule has 96 valence electrons. The Morgan fingerprint density at radius 2 is 2.16 bits per heavy atom. The number of aromatic nitrogens is 3. The molecule has 2 aromatic rings. The Hall–Kier alpha value is -2.15. The number of anilines is 1. The summed E-state index contributed by atoms with van der Waals surface area (Å²) in [7, 11) is 0. The maximum atomic E-state index is 12.1. The SMILES string of the molecule is O=C(Nc1ccncc1)c1cnc2n(c1=O)CCS2. The fourth-order valence-electron chi connectivity index (χ4n) is 1.81. The molecule has 0 fully saturated rings. The molecule has 0 atom stereocenters. The zero-order valence-corrected chi connectivity index (χ0v) is 10.7. The molecule has 0 aromatic carbocycles. The third kappa shape index (κ3) is 2.24. The van der Waals surface area contributed by atoms with Crippen LogP contribution in [-0.2, 0) is 6.54 Å². The first-order valence-electron chi connectivity index (χ1n) is 5.70. The van der Waals surface area contributed by atoms with E-state index < -0.39 is 5.91 Å². The van der Waals surface area contributed by atoms with Crippen LogP contribution in [0.3, 0.4) is 0 Å². The number of nitrogens with zero attached hydrogens (tertiary/aromatic N) is 3. The second-order valence-corrected chi connectivity index (χ2v) is 5.01. The van der Waals surface area contributed by atoms with Crippen LogP contribution in [0.1, 0.15) is 10.4 Å². The number of hydrogen-bond donors (Lipinski definition) is 1. The lowest BCUT2D eigenvalue weighted by molar-refractivity contribution is 0.102. The summed E-state index contributed by atoms with van der Waals surface area (Å²) < 4.78 is 1.53. The standard InChI is InChI=1S/C12H10N4O2S/c17-10(15-8-1-3-13-4-2-8)9-7-14-12-16(11(9)18)5-6-19-12/h1-4,7H,5-6H2,(H,13,15,17). The Morgan fingerprint density at radius 1 is 1.37 bits per heavy atom. The highest BCUT2D eigenvalue weighted by atomic mass is 32.2. The Labute approximate surface area is 112 Å². The van der Waals surface area contributed by atoms with E-state index in [4.69, 9.17) is 0 Å². The maximum Gasteiger partial charge on any atom is 0.267 e. The maximum absolute atomic E-state index is 12.1. The number of pyridine rings is 1. The first kappa shape index (κ1) is 11.9. The summed E-state index contributed by atoms with van der Waals surface area (Å²) in [5.41, 5.74) is 0.365. The van der Waals surface area contributed by atoms with E-state index in [1.165, 1.54) is 22.5 Å². The zero-order valence-electron chi connectivity index (χ0n) is 9.87. The lowest BCUT2D eigenvalue weighted by Crippen LogP contribution is -2.29. The summed E-state index contributed by atoms with van der Waals surface area (Å²) in [6, 6.07) is 3.32. The highest BCUT2D eigenvalue weighted by Crippen LogP contribution is 2.20. The van der Waals surface area contributed by atoms with Gasteiger partial charge in [0.2, 0.25) is 0 Å². The number of carbonyl (C=O) groups excluding carboxylic acids is 1. The molecular formula is C12H10N4O2S. The van der Waals surface area contributed by atoms with Crippen LogP contribution in [-0.4, -0.2) is 26.2 Å². The predicted octanol–water partition coefficient (Wildman–Crippen LogP) is 0.996. The van der Waals surface area contributed by atoms with E-state index in [9.17, 15) is 9.59 Å². The van der Waals surface area contributed by atoms with Gasteiger partial charge in [-0.05, 0) is 12.1 Å². The van der Waals surface area contributed by atoms with Crippen LogP contribution in [0.2, 0.25) is 0 Å². The third-order valence-electron chi connectivity index (χ3n) is 2.74. The molecule has 3 heterocycles. The molecule has 0 spiro atoms. The minimum atomic E-state index is -0.448. The summed E-state index contributed by atoms with van der Waals surface area (Å²) >= 11 is 1.52. The molecule has 0 unspecified atom stereocenters. The third-order valence-corrected chi connectivity index (χ3v) is 3.71. The highest BCUT2D eigenvalue weighted by molar-refractivity contribution is 7.99. The molecule has 2 aromatic heterocycles. The van der Waals surface area contributed by atoms with Gasteiger partial charge < -0.3 is 5.32 Å². The van der Waals surface area contributed by atoms with Crippen LogP contribution in [0.5, 0.6) is 0 Å². The number of nitrogens with one attached hydrogen (secondary N) is 1. The monoisotopic (exact) mass is 274 g/mol. The van der Waals surface area contributed by atoms with Crippen LogP contribution in [0.15, 0.2) is 40.7 Å². The van der Waals surface area contributed by atoms with Crippen molar-refractivity contribution >= 4 is 23.4 Å². The summed E-state index contributed by atoms with van der Waals surface area (Å²) in [6.45, 7) is 0.599. The van der Waals surface area contributed by atoms with Gasteiger partial charge in [-0.15, -0.1) is 0 Å². The predicted molar refractivity (Wildman–Crippen MR) is 71.4 cm³/mol. The van der Waals surface area contributed by atoms with Crippen LogP contribution < -0.4 is 10.9 Å². The van der Waals surface area contributed by atoms with Crippen molar-refractivity contribution in [2.75, 3.05) is 11.1 Å². The minimum Gasteiger partial charge on any atom is -0.322 e. The molecule has 0 saturated carbocycles. The summed E-state index contributed by atoms with van der Waals surface area (Å²) in [4.78, 5) is 32.2. The van der Waals surface area contributed by atoms with Crippen molar-refractivity contribution in [3.63, 3.8) is 0 Å². The van der Waals surface area contributed by atoms with Gasteiger partial charge in [0.05, 0.1) is 0 Å². The van der Waals surface area contributed by atoms with E-state index in [1.54, 1.807) is 24.5 Å². The quantitative estimate of drug-likeness (QED) is 0.827. The molecule has 6 nitrogen and oxygen atoms in total. The van der Waals surface area contributed by atoms with Crippen molar-refractivity contribution in [3.05, 3.63) is 46.6 Å². The number of thioether (sulfide) groups is 1. The van der Waals surface area contributed by atoms with Crippen molar-refractivity contribution in [2.45, 2.75) is 11.7 Å². The first-order chi connectivity index (χ1) is 9.25.